The normalized spacial score (nSPS) is 28.6. The van der Waals surface area contributed by atoms with E-state index in [0.29, 0.717) is 18.0 Å². The number of hydrogen-bond donors (Lipinski definition) is 2. The van der Waals surface area contributed by atoms with Gasteiger partial charge in [-0.15, -0.1) is 0 Å². The van der Waals surface area contributed by atoms with Crippen LogP contribution < -0.4 is 0 Å². The summed E-state index contributed by atoms with van der Waals surface area (Å²) in [6.07, 6.45) is 4.82. The van der Waals surface area contributed by atoms with Crippen molar-refractivity contribution in [1.82, 2.24) is 15.0 Å². The summed E-state index contributed by atoms with van der Waals surface area (Å²) < 4.78 is 18.9. The van der Waals surface area contributed by atoms with Crippen LogP contribution in [-0.2, 0) is 0 Å². The molecule has 3 aliphatic heterocycles. The van der Waals surface area contributed by atoms with E-state index in [0.717, 1.165) is 74.4 Å². The Balaban J connectivity index is 1.20. The van der Waals surface area contributed by atoms with Gasteiger partial charge in [0, 0.05) is 30.3 Å². The number of aliphatic imine (C=N–C) groups is 1. The van der Waals surface area contributed by atoms with Crippen molar-refractivity contribution in [1.29, 1.82) is 0 Å². The number of likely N-dealkylation sites (tertiary alicyclic amines) is 1. The first-order valence-corrected chi connectivity index (χ1v) is 11.5. The lowest BCUT2D eigenvalue weighted by atomic mass is 9.90. The van der Waals surface area contributed by atoms with Crippen LogP contribution in [0.5, 0.6) is 0 Å². The smallest absolute Gasteiger partial charge is 0.217 e. The number of piperidine rings is 2. The first-order chi connectivity index (χ1) is 15.5. The molecule has 1 aliphatic carbocycles. The van der Waals surface area contributed by atoms with Crippen LogP contribution in [-0.4, -0.2) is 75.7 Å². The minimum Gasteiger partial charge on any atom is -0.385 e. The number of amidine groups is 1. The van der Waals surface area contributed by atoms with Crippen molar-refractivity contribution in [2.75, 3.05) is 26.2 Å². The van der Waals surface area contributed by atoms with Crippen LogP contribution >= 0.6 is 0 Å². The molecule has 5 rings (SSSR count). The predicted molar refractivity (Wildman–Crippen MR) is 118 cm³/mol. The van der Waals surface area contributed by atoms with Crippen molar-refractivity contribution in [3.05, 3.63) is 34.4 Å². The molecule has 8 heteroatoms. The van der Waals surface area contributed by atoms with Gasteiger partial charge >= 0.3 is 0 Å². The molecule has 2 saturated heterocycles. The first kappa shape index (κ1) is 21.4. The molecular formula is C24H29FN4O3. The van der Waals surface area contributed by atoms with Gasteiger partial charge in [-0.1, -0.05) is 11.1 Å². The largest absolute Gasteiger partial charge is 0.385 e. The van der Waals surface area contributed by atoms with Gasteiger partial charge < -0.3 is 24.5 Å². The molecule has 4 heterocycles. The van der Waals surface area contributed by atoms with E-state index in [2.05, 4.69) is 26.9 Å². The number of nitrogens with zero attached hydrogens (tertiary/aromatic N) is 4. The van der Waals surface area contributed by atoms with Crippen LogP contribution in [0.3, 0.4) is 0 Å². The van der Waals surface area contributed by atoms with E-state index in [4.69, 9.17) is 4.52 Å². The Kier molecular flexibility index (Phi) is 5.89. The third-order valence-corrected chi connectivity index (χ3v) is 7.01. The lowest BCUT2D eigenvalue weighted by molar-refractivity contribution is 0.0489. The van der Waals surface area contributed by atoms with Crippen molar-refractivity contribution in [2.45, 2.75) is 63.4 Å². The second-order valence-corrected chi connectivity index (χ2v) is 9.01. The molecule has 0 spiro atoms. The maximum absolute atomic E-state index is 13.5. The van der Waals surface area contributed by atoms with Gasteiger partial charge in [-0.3, -0.25) is 0 Å². The van der Waals surface area contributed by atoms with Gasteiger partial charge in [0.15, 0.2) is 12.4 Å². The summed E-state index contributed by atoms with van der Waals surface area (Å²) >= 11 is 0. The number of hydrogen-bond acceptors (Lipinski definition) is 7. The molecule has 2 fully saturated rings. The van der Waals surface area contributed by atoms with Gasteiger partial charge in [0.25, 0.3) is 0 Å². The van der Waals surface area contributed by atoms with Gasteiger partial charge in [-0.05, 0) is 70.2 Å². The van der Waals surface area contributed by atoms with Crippen LogP contribution in [0.2, 0.25) is 0 Å². The second-order valence-electron chi connectivity index (χ2n) is 9.01. The lowest BCUT2D eigenvalue weighted by Gasteiger charge is -2.41. The molecule has 2 N–H and O–H groups in total. The Morgan fingerprint density at radius 1 is 1.22 bits per heavy atom. The molecule has 0 aromatic carbocycles. The topological polar surface area (TPSA) is 85.3 Å². The van der Waals surface area contributed by atoms with Crippen molar-refractivity contribution in [3.63, 3.8) is 0 Å². The standard InChI is InChI=1S/C24H29FN4O3/c1-15-18(24(31)29-11-2-3-20(30)23(29)26-15)10-14-28-12-8-16(9-13-28)22-19-6-4-17(25)5-7-21(19)32-27-22/h4,6,16-17,20,24,30-31H,2-3,8-14H2,1H3. The molecule has 0 amide bonds. The van der Waals surface area contributed by atoms with Crippen LogP contribution in [0.15, 0.2) is 26.9 Å². The van der Waals surface area contributed by atoms with E-state index >= 15 is 0 Å². The third kappa shape index (κ3) is 4.01. The Morgan fingerprint density at radius 3 is 2.84 bits per heavy atom. The lowest BCUT2D eigenvalue weighted by Crippen LogP contribution is -2.52. The molecule has 3 atom stereocenters. The van der Waals surface area contributed by atoms with Crippen molar-refractivity contribution >= 4 is 11.9 Å². The van der Waals surface area contributed by atoms with Crippen molar-refractivity contribution < 1.29 is 19.1 Å². The zero-order valence-electron chi connectivity index (χ0n) is 18.3. The van der Waals surface area contributed by atoms with E-state index in [1.807, 2.05) is 11.8 Å². The van der Waals surface area contributed by atoms with Gasteiger partial charge in [0.2, 0.25) is 5.76 Å². The molecular weight excluding hydrogens is 411 g/mol. The summed E-state index contributed by atoms with van der Waals surface area (Å²) in [7, 11) is 0. The molecule has 1 aromatic rings. The fourth-order valence-electron chi connectivity index (χ4n) is 5.13. The molecule has 0 radical (unpaired) electrons. The highest BCUT2D eigenvalue weighted by Crippen LogP contribution is 2.33. The van der Waals surface area contributed by atoms with Crippen molar-refractivity contribution in [3.8, 4) is 11.8 Å². The Labute approximate surface area is 187 Å². The molecule has 0 bridgehead atoms. The summed E-state index contributed by atoms with van der Waals surface area (Å²) in [4.78, 5) is 8.86. The number of halogens is 1. The third-order valence-electron chi connectivity index (χ3n) is 7.01. The van der Waals surface area contributed by atoms with Gasteiger partial charge in [0.05, 0.1) is 11.3 Å². The summed E-state index contributed by atoms with van der Waals surface area (Å²) in [5, 5.41) is 25.4. The predicted octanol–water partition coefficient (Wildman–Crippen LogP) is 2.42. The molecule has 32 heavy (non-hydrogen) atoms. The monoisotopic (exact) mass is 440 g/mol. The molecule has 3 unspecified atom stereocenters. The highest BCUT2D eigenvalue weighted by molar-refractivity contribution is 5.89. The van der Waals surface area contributed by atoms with Crippen molar-refractivity contribution in [2.24, 2.45) is 4.99 Å². The van der Waals surface area contributed by atoms with Gasteiger partial charge in [0.1, 0.15) is 11.9 Å². The van der Waals surface area contributed by atoms with Gasteiger partial charge in [-0.2, -0.15) is 0 Å². The zero-order chi connectivity index (χ0) is 22.2. The van der Waals surface area contributed by atoms with E-state index < -0.39 is 18.5 Å². The molecule has 4 aliphatic rings. The van der Waals surface area contributed by atoms with Crippen LogP contribution in [0.1, 0.15) is 62.0 Å². The zero-order valence-corrected chi connectivity index (χ0v) is 18.3. The molecule has 1 aromatic heterocycles. The van der Waals surface area contributed by atoms with Crippen LogP contribution in [0, 0.1) is 11.8 Å². The number of allylic oxidation sites excluding steroid dienone is 2. The highest BCUT2D eigenvalue weighted by atomic mass is 19.1. The second kappa shape index (κ2) is 8.81. The summed E-state index contributed by atoms with van der Waals surface area (Å²) in [6, 6.07) is 0. The maximum atomic E-state index is 13.5. The van der Waals surface area contributed by atoms with Crippen LogP contribution in [0.4, 0.5) is 4.39 Å². The van der Waals surface area contributed by atoms with E-state index in [-0.39, 0.29) is 5.92 Å². The maximum Gasteiger partial charge on any atom is 0.217 e. The number of alkyl halides is 1. The fourth-order valence-corrected chi connectivity index (χ4v) is 5.13. The minimum absolute atomic E-state index is 0.268. The Bertz CT molecular complexity index is 1030. The van der Waals surface area contributed by atoms with Crippen LogP contribution in [0.25, 0.3) is 6.08 Å². The van der Waals surface area contributed by atoms with Gasteiger partial charge in [-0.25, -0.2) is 9.38 Å². The molecule has 170 valence electrons. The Hall–Kier alpha value is -2.47. The average Bonchev–Trinajstić information content (AvgIpc) is 3.11. The number of rotatable bonds is 4. The minimum atomic E-state index is -1.27. The summed E-state index contributed by atoms with van der Waals surface area (Å²) in [5.74, 6) is 6.58. The number of aromatic nitrogens is 1. The molecule has 7 nitrogen and oxygen atoms in total. The van der Waals surface area contributed by atoms with E-state index in [9.17, 15) is 14.6 Å². The number of aliphatic hydroxyl groups excluding tert-OH is 2. The quantitative estimate of drug-likeness (QED) is 0.700. The van der Waals surface area contributed by atoms with E-state index in [1.165, 1.54) is 6.08 Å². The number of aliphatic hydroxyl groups is 2. The SMILES string of the molecule is CC1=C(CCN2CCC(c3noc4c3C=CC(F)C#C4)CC2)C(O)N2CCCC(O)C2=N1. The average molecular weight is 441 g/mol. The highest BCUT2D eigenvalue weighted by Gasteiger charge is 2.35. The van der Waals surface area contributed by atoms with E-state index in [1.54, 1.807) is 6.08 Å². The fraction of sp³-hybridized carbons (Fsp3) is 0.583. The first-order valence-electron chi connectivity index (χ1n) is 11.5. The molecule has 0 saturated carbocycles. The summed E-state index contributed by atoms with van der Waals surface area (Å²) in [6.45, 7) is 5.34. The summed E-state index contributed by atoms with van der Waals surface area (Å²) in [5.41, 5.74) is 3.46. The Morgan fingerprint density at radius 2 is 2.03 bits per heavy atom. The number of fused-ring (bicyclic) bond motifs is 2.